The molecule has 2 N–H and O–H groups in total. The van der Waals surface area contributed by atoms with E-state index in [4.69, 9.17) is 14.1 Å². The standard InChI is InChI=1S/C19H32N4O9S/c1-19(2,3)31-18(26)21-8-4-5-13(10-21)12-30-20-16(24)9-14-6-7-15-11-22(14)17(25)23(15)32-33(27,28)29/h13-15H,4-12H2,1-3H3,(H,20,24)(H,27,28,29). The number of nitrogens with one attached hydrogen (secondary N) is 1. The van der Waals surface area contributed by atoms with E-state index in [2.05, 4.69) is 9.76 Å². The fourth-order valence-corrected chi connectivity index (χ4v) is 4.70. The maximum Gasteiger partial charge on any atom is 0.418 e. The van der Waals surface area contributed by atoms with E-state index < -0.39 is 40.0 Å². The molecular weight excluding hydrogens is 460 g/mol. The second kappa shape index (κ2) is 9.99. The number of fused-ring (bicyclic) bond motifs is 2. The van der Waals surface area contributed by atoms with Crippen molar-refractivity contribution in [2.24, 2.45) is 5.92 Å². The largest absolute Gasteiger partial charge is 0.444 e. The summed E-state index contributed by atoms with van der Waals surface area (Å²) in [6.07, 6.45) is 2.18. The van der Waals surface area contributed by atoms with Crippen LogP contribution in [0.5, 0.6) is 0 Å². The lowest BCUT2D eigenvalue weighted by molar-refractivity contribution is -0.136. The van der Waals surface area contributed by atoms with Gasteiger partial charge >= 0.3 is 22.5 Å². The third-order valence-corrected chi connectivity index (χ3v) is 6.07. The highest BCUT2D eigenvalue weighted by Gasteiger charge is 2.47. The average Bonchev–Trinajstić information content (AvgIpc) is 2.93. The van der Waals surface area contributed by atoms with E-state index in [9.17, 15) is 22.8 Å². The van der Waals surface area contributed by atoms with Crippen molar-refractivity contribution in [3.63, 3.8) is 0 Å². The Hall–Kier alpha value is -2.16. The molecule has 0 spiro atoms. The summed E-state index contributed by atoms with van der Waals surface area (Å²) in [4.78, 5) is 45.4. The average molecular weight is 493 g/mol. The number of urea groups is 1. The quantitative estimate of drug-likeness (QED) is 0.392. The smallest absolute Gasteiger partial charge is 0.418 e. The molecule has 3 rings (SSSR count). The highest BCUT2D eigenvalue weighted by Crippen LogP contribution is 2.32. The van der Waals surface area contributed by atoms with E-state index in [1.807, 2.05) is 20.8 Å². The Morgan fingerprint density at radius 3 is 2.58 bits per heavy atom. The first-order chi connectivity index (χ1) is 15.3. The molecule has 33 heavy (non-hydrogen) atoms. The van der Waals surface area contributed by atoms with Gasteiger partial charge in [0.15, 0.2) is 0 Å². The van der Waals surface area contributed by atoms with Crippen LogP contribution in [-0.2, 0) is 29.1 Å². The van der Waals surface area contributed by atoms with Gasteiger partial charge < -0.3 is 14.5 Å². The number of hydroxylamine groups is 3. The molecule has 0 aliphatic carbocycles. The minimum Gasteiger partial charge on any atom is -0.444 e. The maximum absolute atomic E-state index is 12.4. The Morgan fingerprint density at radius 1 is 1.18 bits per heavy atom. The summed E-state index contributed by atoms with van der Waals surface area (Å²) in [5.74, 6) is -0.367. The van der Waals surface area contributed by atoms with Gasteiger partial charge in [0, 0.05) is 38.0 Å². The van der Waals surface area contributed by atoms with Crippen LogP contribution in [0.4, 0.5) is 9.59 Å². The first kappa shape index (κ1) is 25.5. The third-order valence-electron chi connectivity index (χ3n) is 5.72. The molecule has 13 nitrogen and oxygen atoms in total. The second-order valence-corrected chi connectivity index (χ2v) is 10.6. The van der Waals surface area contributed by atoms with Crippen molar-refractivity contribution < 1.29 is 41.2 Å². The van der Waals surface area contributed by atoms with E-state index >= 15 is 0 Å². The molecule has 3 heterocycles. The molecule has 3 aliphatic rings. The number of likely N-dealkylation sites (tertiary alicyclic amines) is 1. The molecule has 3 aliphatic heterocycles. The predicted octanol–water partition coefficient (Wildman–Crippen LogP) is 1.07. The highest BCUT2D eigenvalue weighted by molar-refractivity contribution is 7.80. The monoisotopic (exact) mass is 492 g/mol. The number of hydrogen-bond donors (Lipinski definition) is 2. The van der Waals surface area contributed by atoms with Gasteiger partial charge in [0.05, 0.1) is 12.6 Å². The van der Waals surface area contributed by atoms with E-state index in [0.717, 1.165) is 12.8 Å². The van der Waals surface area contributed by atoms with Crippen LogP contribution in [-0.4, -0.2) is 89.8 Å². The molecule has 14 heteroatoms. The fraction of sp³-hybridized carbons (Fsp3) is 0.842. The predicted molar refractivity (Wildman–Crippen MR) is 113 cm³/mol. The molecule has 0 saturated carbocycles. The molecule has 3 atom stereocenters. The zero-order valence-corrected chi connectivity index (χ0v) is 19.9. The van der Waals surface area contributed by atoms with Gasteiger partial charge in [-0.05, 0) is 46.5 Å². The van der Waals surface area contributed by atoms with Crippen molar-refractivity contribution in [1.82, 2.24) is 20.3 Å². The van der Waals surface area contributed by atoms with Crippen LogP contribution in [0, 0.1) is 5.92 Å². The van der Waals surface area contributed by atoms with Gasteiger partial charge in [0.25, 0.3) is 0 Å². The lowest BCUT2D eigenvalue weighted by Gasteiger charge is -2.34. The molecule has 4 amide bonds. The van der Waals surface area contributed by atoms with Crippen LogP contribution in [0.15, 0.2) is 0 Å². The molecule has 3 saturated heterocycles. The fourth-order valence-electron chi connectivity index (χ4n) is 4.31. The summed E-state index contributed by atoms with van der Waals surface area (Å²) in [6, 6.07) is -1.66. The van der Waals surface area contributed by atoms with Crippen LogP contribution in [0.2, 0.25) is 0 Å². The summed E-state index contributed by atoms with van der Waals surface area (Å²) in [6.45, 7) is 6.96. The lowest BCUT2D eigenvalue weighted by Crippen LogP contribution is -2.45. The SMILES string of the molecule is CC(C)(C)OC(=O)N1CCCC(CONC(=O)CC2CCC3CN2C(=O)N3OS(=O)(=O)O)C1. The Kier molecular flexibility index (Phi) is 7.71. The van der Waals surface area contributed by atoms with Gasteiger partial charge in [-0.2, -0.15) is 13.5 Å². The lowest BCUT2D eigenvalue weighted by atomic mass is 9.98. The maximum atomic E-state index is 12.4. The summed E-state index contributed by atoms with van der Waals surface area (Å²) in [5.41, 5.74) is 1.82. The van der Waals surface area contributed by atoms with E-state index in [0.29, 0.717) is 31.0 Å². The minimum atomic E-state index is -4.81. The van der Waals surface area contributed by atoms with Crippen LogP contribution in [0.1, 0.15) is 52.9 Å². The number of carbonyl (C=O) groups is 3. The van der Waals surface area contributed by atoms with Gasteiger partial charge in [-0.1, -0.05) is 0 Å². The number of rotatable bonds is 7. The molecule has 2 bridgehead atoms. The zero-order chi connectivity index (χ0) is 24.4. The number of amides is 4. The molecule has 3 unspecified atom stereocenters. The van der Waals surface area contributed by atoms with Crippen molar-refractivity contribution in [3.8, 4) is 0 Å². The Morgan fingerprint density at radius 2 is 1.91 bits per heavy atom. The third kappa shape index (κ3) is 7.16. The van der Waals surface area contributed by atoms with Crippen LogP contribution >= 0.6 is 0 Å². The van der Waals surface area contributed by atoms with Gasteiger partial charge in [-0.25, -0.2) is 15.1 Å². The number of carbonyl (C=O) groups excluding carboxylic acids is 3. The molecule has 188 valence electrons. The van der Waals surface area contributed by atoms with Gasteiger partial charge in [-0.15, -0.1) is 4.28 Å². The normalized spacial score (nSPS) is 25.9. The van der Waals surface area contributed by atoms with E-state index in [-0.39, 0.29) is 31.6 Å². The highest BCUT2D eigenvalue weighted by atomic mass is 32.3. The van der Waals surface area contributed by atoms with E-state index in [1.165, 1.54) is 4.90 Å². The second-order valence-electron chi connectivity index (χ2n) is 9.62. The van der Waals surface area contributed by atoms with Gasteiger partial charge in [-0.3, -0.25) is 14.2 Å². The first-order valence-electron chi connectivity index (χ1n) is 11.0. The van der Waals surface area contributed by atoms with Gasteiger partial charge in [0.2, 0.25) is 5.91 Å². The molecule has 3 fully saturated rings. The van der Waals surface area contributed by atoms with Crippen LogP contribution < -0.4 is 5.48 Å². The molecular formula is C19H32N4O9S. The number of hydrogen-bond acceptors (Lipinski definition) is 8. The summed E-state index contributed by atoms with van der Waals surface area (Å²) >= 11 is 0. The Balaban J connectivity index is 1.41. The van der Waals surface area contributed by atoms with Crippen LogP contribution in [0.3, 0.4) is 0 Å². The van der Waals surface area contributed by atoms with Gasteiger partial charge in [0.1, 0.15) is 5.60 Å². The van der Waals surface area contributed by atoms with Crippen molar-refractivity contribution in [2.75, 3.05) is 26.2 Å². The van der Waals surface area contributed by atoms with Crippen molar-refractivity contribution >= 4 is 28.4 Å². The van der Waals surface area contributed by atoms with Crippen molar-refractivity contribution in [2.45, 2.75) is 70.6 Å². The molecule has 0 aromatic rings. The number of ether oxygens (including phenoxy) is 1. The van der Waals surface area contributed by atoms with E-state index in [1.54, 1.807) is 4.90 Å². The summed E-state index contributed by atoms with van der Waals surface area (Å²) in [5, 5.41) is 0.642. The molecule has 0 aromatic heterocycles. The minimum absolute atomic E-state index is 0.0210. The van der Waals surface area contributed by atoms with Crippen LogP contribution in [0.25, 0.3) is 0 Å². The Labute approximate surface area is 193 Å². The summed E-state index contributed by atoms with van der Waals surface area (Å²) in [7, 11) is -4.81. The zero-order valence-electron chi connectivity index (χ0n) is 19.1. The first-order valence-corrected chi connectivity index (χ1v) is 12.3. The topological polar surface area (TPSA) is 155 Å². The number of nitrogens with zero attached hydrogens (tertiary/aromatic N) is 3. The van der Waals surface area contributed by atoms with Crippen molar-refractivity contribution in [1.29, 1.82) is 0 Å². The molecule has 0 aromatic carbocycles. The Bertz CT molecular complexity index is 860. The van der Waals surface area contributed by atoms with Crippen molar-refractivity contribution in [3.05, 3.63) is 0 Å². The summed E-state index contributed by atoms with van der Waals surface area (Å²) < 4.78 is 40.6. The molecule has 0 radical (unpaired) electrons. The number of piperidine rings is 2.